The molecule has 0 saturated carbocycles. The summed E-state index contributed by atoms with van der Waals surface area (Å²) in [7, 11) is 0. The number of rotatable bonds is 4. The Balaban J connectivity index is 3.03. The summed E-state index contributed by atoms with van der Waals surface area (Å²) in [6.45, 7) is 4.81. The van der Waals surface area contributed by atoms with Crippen LogP contribution in [0.2, 0.25) is 0 Å². The van der Waals surface area contributed by atoms with Crippen LogP contribution in [-0.2, 0) is 0 Å². The number of hydrogen-bond acceptors (Lipinski definition) is 2. The molecule has 17 heavy (non-hydrogen) atoms. The zero-order valence-corrected chi connectivity index (χ0v) is 9.96. The average molecular weight is 242 g/mol. The smallest absolute Gasteiger partial charge is 0.254 e. The third-order valence-corrected chi connectivity index (χ3v) is 2.49. The number of benzene rings is 1. The van der Waals surface area contributed by atoms with Gasteiger partial charge < -0.3 is 10.6 Å². The van der Waals surface area contributed by atoms with Crippen LogP contribution in [0.5, 0.6) is 0 Å². The van der Waals surface area contributed by atoms with Crippen LogP contribution in [0.3, 0.4) is 0 Å². The SMILES string of the molecule is CCCN(CC)C(=O)c1cc(F)c(N)c(F)c1. The van der Waals surface area contributed by atoms with Gasteiger partial charge in [-0.05, 0) is 25.5 Å². The lowest BCUT2D eigenvalue weighted by Crippen LogP contribution is -2.31. The first-order valence-corrected chi connectivity index (χ1v) is 5.55. The molecule has 0 atom stereocenters. The van der Waals surface area contributed by atoms with Crippen molar-refractivity contribution in [3.8, 4) is 0 Å². The predicted molar refractivity (Wildman–Crippen MR) is 62.6 cm³/mol. The largest absolute Gasteiger partial charge is 0.394 e. The number of anilines is 1. The van der Waals surface area contributed by atoms with Gasteiger partial charge in [-0.2, -0.15) is 0 Å². The van der Waals surface area contributed by atoms with Crippen LogP contribution in [0, 0.1) is 11.6 Å². The van der Waals surface area contributed by atoms with Gasteiger partial charge in [0.25, 0.3) is 5.91 Å². The highest BCUT2D eigenvalue weighted by Crippen LogP contribution is 2.18. The van der Waals surface area contributed by atoms with Crippen molar-refractivity contribution < 1.29 is 13.6 Å². The van der Waals surface area contributed by atoms with Crippen molar-refractivity contribution in [1.29, 1.82) is 0 Å². The molecule has 1 rings (SSSR count). The standard InChI is InChI=1S/C12H16F2N2O/c1-3-5-16(4-2)12(17)8-6-9(13)11(15)10(14)7-8/h6-7H,3-5,15H2,1-2H3. The van der Waals surface area contributed by atoms with Crippen molar-refractivity contribution in [1.82, 2.24) is 4.90 Å². The lowest BCUT2D eigenvalue weighted by atomic mass is 10.1. The Morgan fingerprint density at radius 3 is 2.24 bits per heavy atom. The molecule has 0 heterocycles. The highest BCUT2D eigenvalue weighted by Gasteiger charge is 2.17. The van der Waals surface area contributed by atoms with Gasteiger partial charge in [0.15, 0.2) is 0 Å². The molecule has 1 aromatic rings. The molecule has 1 aromatic carbocycles. The van der Waals surface area contributed by atoms with Gasteiger partial charge in [0, 0.05) is 18.7 Å². The van der Waals surface area contributed by atoms with Gasteiger partial charge in [0.05, 0.1) is 0 Å². The van der Waals surface area contributed by atoms with Crippen molar-refractivity contribution in [2.45, 2.75) is 20.3 Å². The molecule has 0 saturated heterocycles. The van der Waals surface area contributed by atoms with Crippen molar-refractivity contribution in [2.75, 3.05) is 18.8 Å². The Morgan fingerprint density at radius 1 is 1.29 bits per heavy atom. The molecule has 0 aliphatic rings. The molecule has 3 nitrogen and oxygen atoms in total. The second kappa shape index (κ2) is 5.61. The van der Waals surface area contributed by atoms with E-state index in [1.54, 1.807) is 0 Å². The quantitative estimate of drug-likeness (QED) is 0.824. The first-order chi connectivity index (χ1) is 8.01. The van der Waals surface area contributed by atoms with E-state index in [4.69, 9.17) is 5.73 Å². The minimum absolute atomic E-state index is 0.00972. The van der Waals surface area contributed by atoms with E-state index in [9.17, 15) is 13.6 Å². The van der Waals surface area contributed by atoms with Crippen LogP contribution in [0.15, 0.2) is 12.1 Å². The lowest BCUT2D eigenvalue weighted by molar-refractivity contribution is 0.0763. The molecule has 1 amide bonds. The summed E-state index contributed by atoms with van der Waals surface area (Å²) >= 11 is 0. The summed E-state index contributed by atoms with van der Waals surface area (Å²) in [5, 5.41) is 0. The van der Waals surface area contributed by atoms with E-state index in [1.807, 2.05) is 13.8 Å². The van der Waals surface area contributed by atoms with Crippen molar-refractivity contribution in [2.24, 2.45) is 0 Å². The van der Waals surface area contributed by atoms with E-state index in [2.05, 4.69) is 0 Å². The highest BCUT2D eigenvalue weighted by atomic mass is 19.1. The zero-order chi connectivity index (χ0) is 13.0. The number of nitrogens with two attached hydrogens (primary N) is 1. The molecule has 0 radical (unpaired) electrons. The van der Waals surface area contributed by atoms with Crippen LogP contribution >= 0.6 is 0 Å². The Kier molecular flexibility index (Phi) is 4.43. The van der Waals surface area contributed by atoms with Crippen LogP contribution in [-0.4, -0.2) is 23.9 Å². The molecule has 94 valence electrons. The summed E-state index contributed by atoms with van der Waals surface area (Å²) < 4.78 is 26.4. The summed E-state index contributed by atoms with van der Waals surface area (Å²) in [5.74, 6) is -2.19. The second-order valence-electron chi connectivity index (χ2n) is 3.74. The fraction of sp³-hybridized carbons (Fsp3) is 0.417. The molecule has 0 unspecified atom stereocenters. The van der Waals surface area contributed by atoms with Gasteiger partial charge in [0.1, 0.15) is 17.3 Å². The number of amides is 1. The molecule has 2 N–H and O–H groups in total. The maximum absolute atomic E-state index is 13.2. The first kappa shape index (κ1) is 13.4. The third kappa shape index (κ3) is 2.93. The number of halogens is 2. The highest BCUT2D eigenvalue weighted by molar-refractivity contribution is 5.94. The average Bonchev–Trinajstić information content (AvgIpc) is 2.31. The van der Waals surface area contributed by atoms with Crippen molar-refractivity contribution >= 4 is 11.6 Å². The number of carbonyl (C=O) groups is 1. The fourth-order valence-electron chi connectivity index (χ4n) is 1.56. The monoisotopic (exact) mass is 242 g/mol. The van der Waals surface area contributed by atoms with Crippen LogP contribution in [0.25, 0.3) is 0 Å². The third-order valence-electron chi connectivity index (χ3n) is 2.49. The van der Waals surface area contributed by atoms with E-state index in [0.29, 0.717) is 13.1 Å². The number of nitrogen functional groups attached to an aromatic ring is 1. The molecular formula is C12H16F2N2O. The predicted octanol–water partition coefficient (Wildman–Crippen LogP) is 2.42. The number of nitrogens with zero attached hydrogens (tertiary/aromatic N) is 1. The normalized spacial score (nSPS) is 10.4. The van der Waals surface area contributed by atoms with E-state index < -0.39 is 17.3 Å². The maximum Gasteiger partial charge on any atom is 0.254 e. The number of carbonyl (C=O) groups excluding carboxylic acids is 1. The number of hydrogen-bond donors (Lipinski definition) is 1. The molecular weight excluding hydrogens is 226 g/mol. The fourth-order valence-corrected chi connectivity index (χ4v) is 1.56. The second-order valence-corrected chi connectivity index (χ2v) is 3.74. The van der Waals surface area contributed by atoms with Crippen LogP contribution < -0.4 is 5.73 Å². The molecule has 0 aliphatic carbocycles. The molecule has 0 bridgehead atoms. The van der Waals surface area contributed by atoms with Crippen LogP contribution in [0.4, 0.5) is 14.5 Å². The zero-order valence-electron chi connectivity index (χ0n) is 9.96. The Morgan fingerprint density at radius 2 is 1.82 bits per heavy atom. The first-order valence-electron chi connectivity index (χ1n) is 5.55. The van der Waals surface area contributed by atoms with Crippen molar-refractivity contribution in [3.63, 3.8) is 0 Å². The maximum atomic E-state index is 13.2. The van der Waals surface area contributed by atoms with E-state index in [0.717, 1.165) is 18.6 Å². The summed E-state index contributed by atoms with van der Waals surface area (Å²) in [6.07, 6.45) is 0.791. The van der Waals surface area contributed by atoms with Gasteiger partial charge in [-0.1, -0.05) is 6.92 Å². The van der Waals surface area contributed by atoms with E-state index >= 15 is 0 Å². The molecule has 0 fully saturated rings. The van der Waals surface area contributed by atoms with E-state index in [-0.39, 0.29) is 11.5 Å². The summed E-state index contributed by atoms with van der Waals surface area (Å²) in [4.78, 5) is 13.5. The van der Waals surface area contributed by atoms with Crippen LogP contribution in [0.1, 0.15) is 30.6 Å². The molecule has 0 spiro atoms. The Bertz CT molecular complexity index is 398. The van der Waals surface area contributed by atoms with Gasteiger partial charge >= 0.3 is 0 Å². The Hall–Kier alpha value is -1.65. The molecule has 5 heteroatoms. The lowest BCUT2D eigenvalue weighted by Gasteiger charge is -2.20. The molecule has 0 aliphatic heterocycles. The summed E-state index contributed by atoms with van der Waals surface area (Å²) in [5.41, 5.74) is 4.58. The minimum atomic E-state index is -0.902. The van der Waals surface area contributed by atoms with Gasteiger partial charge in [-0.25, -0.2) is 8.78 Å². The summed E-state index contributed by atoms with van der Waals surface area (Å²) in [6, 6.07) is 1.94. The topological polar surface area (TPSA) is 46.3 Å². The molecule has 0 aromatic heterocycles. The van der Waals surface area contributed by atoms with Gasteiger partial charge in [-0.3, -0.25) is 4.79 Å². The van der Waals surface area contributed by atoms with E-state index in [1.165, 1.54) is 4.90 Å². The Labute approximate surface area is 99.2 Å². The van der Waals surface area contributed by atoms with Gasteiger partial charge in [-0.15, -0.1) is 0 Å². The van der Waals surface area contributed by atoms with Crippen molar-refractivity contribution in [3.05, 3.63) is 29.3 Å². The van der Waals surface area contributed by atoms with Gasteiger partial charge in [0.2, 0.25) is 0 Å². The minimum Gasteiger partial charge on any atom is -0.394 e.